The van der Waals surface area contributed by atoms with Gasteiger partial charge >= 0.3 is 5.97 Å². The molecule has 0 saturated heterocycles. The van der Waals surface area contributed by atoms with Crippen molar-refractivity contribution in [3.8, 4) is 0 Å². The van der Waals surface area contributed by atoms with Gasteiger partial charge in [-0.15, -0.1) is 0 Å². The zero-order valence-corrected chi connectivity index (χ0v) is 11.2. The highest BCUT2D eigenvalue weighted by Gasteiger charge is 2.19. The number of ether oxygens (including phenoxy) is 1. The predicted octanol–water partition coefficient (Wildman–Crippen LogP) is 3.35. The second-order valence-corrected chi connectivity index (χ2v) is 5.50. The van der Waals surface area contributed by atoms with E-state index in [0.29, 0.717) is 17.2 Å². The fraction of sp³-hybridized carbons (Fsp3) is 0.500. The van der Waals surface area contributed by atoms with Crippen LogP contribution in [0.3, 0.4) is 0 Å². The van der Waals surface area contributed by atoms with Gasteiger partial charge in [-0.2, -0.15) is 0 Å². The monoisotopic (exact) mass is 235 g/mol. The highest BCUT2D eigenvalue weighted by Crippen LogP contribution is 2.22. The van der Waals surface area contributed by atoms with Crippen LogP contribution in [0.4, 0.5) is 5.69 Å². The SMILES string of the molecule is CC(C)c1ccc(C(=O)OC(C)(C)C)c(N)c1. The normalized spacial score (nSPS) is 11.6. The smallest absolute Gasteiger partial charge is 0.340 e. The molecule has 2 N–H and O–H groups in total. The molecule has 0 fully saturated rings. The van der Waals surface area contributed by atoms with Gasteiger partial charge in [0, 0.05) is 5.69 Å². The molecule has 94 valence electrons. The minimum atomic E-state index is -0.500. The first-order valence-electron chi connectivity index (χ1n) is 5.83. The predicted molar refractivity (Wildman–Crippen MR) is 70.1 cm³/mol. The average Bonchev–Trinajstić information content (AvgIpc) is 2.14. The summed E-state index contributed by atoms with van der Waals surface area (Å²) in [7, 11) is 0. The maximum atomic E-state index is 11.9. The molecule has 0 aliphatic heterocycles. The molecule has 1 rings (SSSR count). The molecular weight excluding hydrogens is 214 g/mol. The summed E-state index contributed by atoms with van der Waals surface area (Å²) in [5, 5.41) is 0. The summed E-state index contributed by atoms with van der Waals surface area (Å²) >= 11 is 0. The molecule has 0 spiro atoms. The zero-order valence-electron chi connectivity index (χ0n) is 11.2. The molecular formula is C14H21NO2. The molecule has 3 heteroatoms. The van der Waals surface area contributed by atoms with Gasteiger partial charge in [0.05, 0.1) is 5.56 Å². The van der Waals surface area contributed by atoms with Crippen molar-refractivity contribution in [3.63, 3.8) is 0 Å². The van der Waals surface area contributed by atoms with Gasteiger partial charge in [0.25, 0.3) is 0 Å². The second kappa shape index (κ2) is 4.78. The van der Waals surface area contributed by atoms with Crippen LogP contribution in [0.25, 0.3) is 0 Å². The van der Waals surface area contributed by atoms with E-state index in [0.717, 1.165) is 5.56 Å². The summed E-state index contributed by atoms with van der Waals surface area (Å²) in [5.74, 6) is 0.0234. The molecule has 3 nitrogen and oxygen atoms in total. The number of hydrogen-bond acceptors (Lipinski definition) is 3. The van der Waals surface area contributed by atoms with Crippen molar-refractivity contribution in [2.24, 2.45) is 0 Å². The summed E-state index contributed by atoms with van der Waals surface area (Å²) in [6.07, 6.45) is 0. The first-order valence-corrected chi connectivity index (χ1v) is 5.83. The molecule has 0 aliphatic rings. The molecule has 0 unspecified atom stereocenters. The average molecular weight is 235 g/mol. The Bertz CT molecular complexity index is 417. The van der Waals surface area contributed by atoms with Crippen LogP contribution in [-0.4, -0.2) is 11.6 Å². The van der Waals surface area contributed by atoms with E-state index in [-0.39, 0.29) is 5.97 Å². The molecule has 1 aromatic rings. The molecule has 0 heterocycles. The zero-order chi connectivity index (χ0) is 13.2. The van der Waals surface area contributed by atoms with E-state index >= 15 is 0 Å². The molecule has 1 aromatic carbocycles. The van der Waals surface area contributed by atoms with Gasteiger partial charge in [-0.05, 0) is 44.4 Å². The molecule has 17 heavy (non-hydrogen) atoms. The Balaban J connectivity index is 2.96. The van der Waals surface area contributed by atoms with Crippen LogP contribution in [0.1, 0.15) is 56.5 Å². The van der Waals surface area contributed by atoms with Gasteiger partial charge in [-0.3, -0.25) is 0 Å². The van der Waals surface area contributed by atoms with Crippen molar-refractivity contribution >= 4 is 11.7 Å². The summed E-state index contributed by atoms with van der Waals surface area (Å²) in [6, 6.07) is 5.49. The van der Waals surface area contributed by atoms with Gasteiger partial charge in [0.15, 0.2) is 0 Å². The molecule has 0 aliphatic carbocycles. The van der Waals surface area contributed by atoms with E-state index in [4.69, 9.17) is 10.5 Å². The lowest BCUT2D eigenvalue weighted by molar-refractivity contribution is 0.00708. The van der Waals surface area contributed by atoms with E-state index in [2.05, 4.69) is 13.8 Å². The third-order valence-corrected chi connectivity index (χ3v) is 2.36. The number of nitrogens with two attached hydrogens (primary N) is 1. The number of rotatable bonds is 2. The van der Waals surface area contributed by atoms with Crippen molar-refractivity contribution in [2.45, 2.75) is 46.1 Å². The largest absolute Gasteiger partial charge is 0.456 e. The molecule has 0 radical (unpaired) electrons. The van der Waals surface area contributed by atoms with Crippen molar-refractivity contribution in [3.05, 3.63) is 29.3 Å². The first-order chi connectivity index (χ1) is 7.70. The molecule has 0 atom stereocenters. The summed E-state index contributed by atoms with van der Waals surface area (Å²) in [5.41, 5.74) is 7.41. The van der Waals surface area contributed by atoms with Crippen LogP contribution < -0.4 is 5.73 Å². The van der Waals surface area contributed by atoms with Crippen molar-refractivity contribution < 1.29 is 9.53 Å². The van der Waals surface area contributed by atoms with Gasteiger partial charge in [0.1, 0.15) is 5.60 Å². The van der Waals surface area contributed by atoms with Gasteiger partial charge in [0.2, 0.25) is 0 Å². The van der Waals surface area contributed by atoms with Crippen LogP contribution >= 0.6 is 0 Å². The minimum absolute atomic E-state index is 0.370. The fourth-order valence-corrected chi connectivity index (χ4v) is 1.46. The molecule has 0 bridgehead atoms. The maximum absolute atomic E-state index is 11.9. The number of hydrogen-bond donors (Lipinski definition) is 1. The highest BCUT2D eigenvalue weighted by atomic mass is 16.6. The third kappa shape index (κ3) is 3.77. The van der Waals surface area contributed by atoms with Crippen molar-refractivity contribution in [2.75, 3.05) is 5.73 Å². The highest BCUT2D eigenvalue weighted by molar-refractivity contribution is 5.95. The molecule has 0 amide bonds. The van der Waals surface area contributed by atoms with Crippen LogP contribution in [0.15, 0.2) is 18.2 Å². The number of nitrogen functional groups attached to an aromatic ring is 1. The maximum Gasteiger partial charge on any atom is 0.340 e. The lowest BCUT2D eigenvalue weighted by atomic mass is 10.0. The summed E-state index contributed by atoms with van der Waals surface area (Å²) in [4.78, 5) is 11.9. The van der Waals surface area contributed by atoms with Gasteiger partial charge < -0.3 is 10.5 Å². The first kappa shape index (κ1) is 13.6. The van der Waals surface area contributed by atoms with Crippen LogP contribution in [-0.2, 0) is 4.74 Å². The number of anilines is 1. The Morgan fingerprint density at radius 1 is 1.29 bits per heavy atom. The van der Waals surface area contributed by atoms with E-state index in [9.17, 15) is 4.79 Å². The number of esters is 1. The Labute approximate surface area is 103 Å². The number of benzene rings is 1. The number of carbonyl (C=O) groups excluding carboxylic acids is 1. The van der Waals surface area contributed by atoms with Crippen molar-refractivity contribution in [1.29, 1.82) is 0 Å². The van der Waals surface area contributed by atoms with Crippen LogP contribution in [0, 0.1) is 0 Å². The Morgan fingerprint density at radius 3 is 2.29 bits per heavy atom. The van der Waals surface area contributed by atoms with Crippen LogP contribution in [0.5, 0.6) is 0 Å². The summed E-state index contributed by atoms with van der Waals surface area (Å²) in [6.45, 7) is 9.68. The van der Waals surface area contributed by atoms with E-state index in [1.807, 2.05) is 32.9 Å². The molecule has 0 aromatic heterocycles. The van der Waals surface area contributed by atoms with Crippen LogP contribution in [0.2, 0.25) is 0 Å². The summed E-state index contributed by atoms with van der Waals surface area (Å²) < 4.78 is 5.29. The van der Waals surface area contributed by atoms with E-state index < -0.39 is 5.60 Å². The Hall–Kier alpha value is -1.51. The second-order valence-electron chi connectivity index (χ2n) is 5.50. The number of carbonyl (C=O) groups is 1. The van der Waals surface area contributed by atoms with E-state index in [1.54, 1.807) is 6.07 Å². The molecule has 0 saturated carbocycles. The topological polar surface area (TPSA) is 52.3 Å². The third-order valence-electron chi connectivity index (χ3n) is 2.36. The lowest BCUT2D eigenvalue weighted by Crippen LogP contribution is -2.24. The van der Waals surface area contributed by atoms with E-state index in [1.165, 1.54) is 0 Å². The minimum Gasteiger partial charge on any atom is -0.456 e. The van der Waals surface area contributed by atoms with Gasteiger partial charge in [-0.25, -0.2) is 4.79 Å². The van der Waals surface area contributed by atoms with Crippen molar-refractivity contribution in [1.82, 2.24) is 0 Å². The fourth-order valence-electron chi connectivity index (χ4n) is 1.46. The quantitative estimate of drug-likeness (QED) is 0.631. The Morgan fingerprint density at radius 2 is 1.88 bits per heavy atom. The van der Waals surface area contributed by atoms with Gasteiger partial charge in [-0.1, -0.05) is 19.9 Å². The Kier molecular flexibility index (Phi) is 3.81. The lowest BCUT2D eigenvalue weighted by Gasteiger charge is -2.20. The standard InChI is InChI=1S/C14H21NO2/c1-9(2)10-6-7-11(12(15)8-10)13(16)17-14(3,4)5/h6-9H,15H2,1-5H3.